The fraction of sp³-hybridized carbons (Fsp3) is 0.353. The molecule has 0 aliphatic heterocycles. The maximum Gasteiger partial charge on any atom is 0.335 e. The number of furan rings is 1. The van der Waals surface area contributed by atoms with Gasteiger partial charge in [-0.15, -0.1) is 0 Å². The number of nitrogens with one attached hydrogen (secondary N) is 1. The zero-order chi connectivity index (χ0) is 14.7. The fourth-order valence-corrected chi connectivity index (χ4v) is 2.78. The van der Waals surface area contributed by atoms with Crippen molar-refractivity contribution in [3.63, 3.8) is 0 Å². The van der Waals surface area contributed by atoms with E-state index >= 15 is 0 Å². The lowest BCUT2D eigenvalue weighted by molar-refractivity contribution is -0.0000204. The Labute approximate surface area is 135 Å². The summed E-state index contributed by atoms with van der Waals surface area (Å²) < 4.78 is 5.82. The number of benzene rings is 1. The number of carboxylic acid groups (broad SMARTS) is 1. The molecule has 0 saturated heterocycles. The number of halogens is 1. The topological polar surface area (TPSA) is 62.5 Å². The largest absolute Gasteiger partial charge is 1.00 e. The number of aromatic carboxylic acids is 1. The normalized spacial score (nSPS) is 14.7. The van der Waals surface area contributed by atoms with Crippen molar-refractivity contribution in [1.29, 1.82) is 0 Å². The van der Waals surface area contributed by atoms with Crippen molar-refractivity contribution in [2.24, 2.45) is 0 Å². The van der Waals surface area contributed by atoms with Crippen molar-refractivity contribution >= 4 is 5.97 Å². The quantitative estimate of drug-likeness (QED) is 0.850. The smallest absolute Gasteiger partial charge is 0.335 e. The first-order valence-corrected chi connectivity index (χ1v) is 7.38. The van der Waals surface area contributed by atoms with Gasteiger partial charge in [0.05, 0.1) is 12.1 Å². The molecule has 1 aliphatic carbocycles. The highest BCUT2D eigenvalue weighted by molar-refractivity contribution is 5.88. The Balaban J connectivity index is 0.00000176. The van der Waals surface area contributed by atoms with Crippen molar-refractivity contribution in [2.45, 2.75) is 38.3 Å². The first-order chi connectivity index (χ1) is 10.2. The predicted octanol–water partition coefficient (Wildman–Crippen LogP) is 0.681. The standard InChI is InChI=1S/C17H19NO3.ClH/c19-17(20)13-7-5-12(6-8-13)16-10-9-15(21-16)11-18-14-3-1-2-4-14;/h5-10,14,18H,1-4,11H2,(H,19,20);1H/p-1. The molecule has 2 N–H and O–H groups in total. The Morgan fingerprint density at radius 3 is 2.45 bits per heavy atom. The van der Waals surface area contributed by atoms with Gasteiger partial charge in [0.2, 0.25) is 0 Å². The molecule has 1 heterocycles. The van der Waals surface area contributed by atoms with Crippen LogP contribution in [0.2, 0.25) is 0 Å². The lowest BCUT2D eigenvalue weighted by Gasteiger charge is -2.09. The minimum Gasteiger partial charge on any atom is -1.00 e. The first-order valence-electron chi connectivity index (χ1n) is 7.38. The van der Waals surface area contributed by atoms with Crippen LogP contribution in [0.25, 0.3) is 11.3 Å². The summed E-state index contributed by atoms with van der Waals surface area (Å²) in [4.78, 5) is 10.8. The SMILES string of the molecule is O=C(O)c1ccc(-c2ccc(CNC3CCCC3)o2)cc1.[Cl-]. The van der Waals surface area contributed by atoms with Crippen molar-refractivity contribution < 1.29 is 26.7 Å². The van der Waals surface area contributed by atoms with E-state index in [9.17, 15) is 4.79 Å². The molecule has 1 aromatic carbocycles. The zero-order valence-corrected chi connectivity index (χ0v) is 13.0. The van der Waals surface area contributed by atoms with E-state index in [1.165, 1.54) is 25.7 Å². The van der Waals surface area contributed by atoms with Gasteiger partial charge in [0.1, 0.15) is 11.5 Å². The summed E-state index contributed by atoms with van der Waals surface area (Å²) in [5, 5.41) is 12.4. The number of carbonyl (C=O) groups is 1. The van der Waals surface area contributed by atoms with Crippen molar-refractivity contribution in [1.82, 2.24) is 5.32 Å². The Morgan fingerprint density at radius 1 is 1.14 bits per heavy atom. The van der Waals surface area contributed by atoms with Gasteiger partial charge in [-0.3, -0.25) is 0 Å². The minimum atomic E-state index is -0.914. The third kappa shape index (κ3) is 3.90. The lowest BCUT2D eigenvalue weighted by Crippen LogP contribution is -3.00. The number of hydrogen-bond acceptors (Lipinski definition) is 3. The molecule has 0 atom stereocenters. The Kier molecular flexibility index (Phi) is 5.63. The van der Waals surface area contributed by atoms with Crippen LogP contribution in [0.4, 0.5) is 0 Å². The average molecular weight is 321 g/mol. The maximum atomic E-state index is 10.8. The highest BCUT2D eigenvalue weighted by Crippen LogP contribution is 2.23. The highest BCUT2D eigenvalue weighted by atomic mass is 35.5. The zero-order valence-electron chi connectivity index (χ0n) is 12.2. The van der Waals surface area contributed by atoms with Crippen LogP contribution in [0.1, 0.15) is 41.8 Å². The van der Waals surface area contributed by atoms with Crippen molar-refractivity contribution in [3.8, 4) is 11.3 Å². The maximum absolute atomic E-state index is 10.8. The molecule has 0 amide bonds. The minimum absolute atomic E-state index is 0. The molecule has 1 aliphatic rings. The van der Waals surface area contributed by atoms with E-state index in [1.54, 1.807) is 24.3 Å². The van der Waals surface area contributed by atoms with Crippen LogP contribution >= 0.6 is 0 Å². The van der Waals surface area contributed by atoms with E-state index in [-0.39, 0.29) is 18.0 Å². The molecule has 1 saturated carbocycles. The van der Waals surface area contributed by atoms with E-state index in [0.717, 1.165) is 23.6 Å². The van der Waals surface area contributed by atoms with E-state index < -0.39 is 5.97 Å². The van der Waals surface area contributed by atoms with E-state index in [1.807, 2.05) is 12.1 Å². The average Bonchev–Trinajstić information content (AvgIpc) is 3.17. The molecule has 3 rings (SSSR count). The lowest BCUT2D eigenvalue weighted by atomic mass is 10.1. The van der Waals surface area contributed by atoms with Crippen LogP contribution in [0, 0.1) is 0 Å². The van der Waals surface area contributed by atoms with Gasteiger partial charge in [-0.05, 0) is 37.1 Å². The van der Waals surface area contributed by atoms with Crippen LogP contribution in [-0.2, 0) is 6.54 Å². The van der Waals surface area contributed by atoms with Crippen LogP contribution in [0.3, 0.4) is 0 Å². The molecule has 0 bridgehead atoms. The summed E-state index contributed by atoms with van der Waals surface area (Å²) in [6, 6.07) is 11.3. The van der Waals surface area contributed by atoms with Gasteiger partial charge in [-0.2, -0.15) is 0 Å². The molecule has 0 unspecified atom stereocenters. The molecule has 0 radical (unpaired) electrons. The number of rotatable bonds is 5. The molecule has 22 heavy (non-hydrogen) atoms. The van der Waals surface area contributed by atoms with Crippen molar-refractivity contribution in [3.05, 3.63) is 47.7 Å². The van der Waals surface area contributed by atoms with Gasteiger partial charge in [0, 0.05) is 11.6 Å². The third-order valence-electron chi connectivity index (χ3n) is 4.00. The highest BCUT2D eigenvalue weighted by Gasteiger charge is 2.14. The first kappa shape index (κ1) is 16.6. The monoisotopic (exact) mass is 320 g/mol. The fourth-order valence-electron chi connectivity index (χ4n) is 2.78. The van der Waals surface area contributed by atoms with E-state index in [0.29, 0.717) is 6.04 Å². The summed E-state index contributed by atoms with van der Waals surface area (Å²) in [6.45, 7) is 0.748. The second kappa shape index (κ2) is 7.47. The van der Waals surface area contributed by atoms with E-state index in [4.69, 9.17) is 9.52 Å². The summed E-state index contributed by atoms with van der Waals surface area (Å²) in [6.07, 6.45) is 5.14. The summed E-state index contributed by atoms with van der Waals surface area (Å²) in [5.41, 5.74) is 1.18. The summed E-state index contributed by atoms with van der Waals surface area (Å²) >= 11 is 0. The second-order valence-corrected chi connectivity index (χ2v) is 5.51. The number of carboxylic acids is 1. The number of hydrogen-bond donors (Lipinski definition) is 2. The summed E-state index contributed by atoms with van der Waals surface area (Å²) in [5.74, 6) is 0.775. The second-order valence-electron chi connectivity index (χ2n) is 5.51. The van der Waals surface area contributed by atoms with E-state index in [2.05, 4.69) is 5.32 Å². The predicted molar refractivity (Wildman–Crippen MR) is 80.2 cm³/mol. The molecular formula is C17H19ClNO3-. The van der Waals surface area contributed by atoms with Crippen molar-refractivity contribution in [2.75, 3.05) is 0 Å². The third-order valence-corrected chi connectivity index (χ3v) is 4.00. The summed E-state index contributed by atoms with van der Waals surface area (Å²) in [7, 11) is 0. The molecule has 0 spiro atoms. The van der Waals surface area contributed by atoms with Crippen LogP contribution in [0.5, 0.6) is 0 Å². The van der Waals surface area contributed by atoms with Crippen LogP contribution < -0.4 is 17.7 Å². The molecule has 2 aromatic rings. The molecule has 5 heteroatoms. The van der Waals surface area contributed by atoms with Gasteiger partial charge in [-0.25, -0.2) is 4.79 Å². The Bertz CT molecular complexity index is 615. The van der Waals surface area contributed by atoms with Gasteiger partial charge in [-0.1, -0.05) is 25.0 Å². The Morgan fingerprint density at radius 2 is 1.82 bits per heavy atom. The van der Waals surface area contributed by atoms with Gasteiger partial charge in [0.25, 0.3) is 0 Å². The van der Waals surface area contributed by atoms with Gasteiger partial charge in [0.15, 0.2) is 0 Å². The van der Waals surface area contributed by atoms with Crippen LogP contribution in [-0.4, -0.2) is 17.1 Å². The molecule has 1 fully saturated rings. The molecule has 1 aromatic heterocycles. The molecular weight excluding hydrogens is 302 g/mol. The molecule has 118 valence electrons. The molecule has 4 nitrogen and oxygen atoms in total. The van der Waals surface area contributed by atoms with Gasteiger partial charge >= 0.3 is 5.97 Å². The Hall–Kier alpha value is -1.78. The van der Waals surface area contributed by atoms with Crippen LogP contribution in [0.15, 0.2) is 40.8 Å². The van der Waals surface area contributed by atoms with Gasteiger partial charge < -0.3 is 27.2 Å².